The van der Waals surface area contributed by atoms with Crippen molar-refractivity contribution in [1.82, 2.24) is 20.6 Å². The first-order chi connectivity index (χ1) is 11.9. The van der Waals surface area contributed by atoms with Crippen LogP contribution < -0.4 is 10.9 Å². The van der Waals surface area contributed by atoms with Crippen molar-refractivity contribution in [2.45, 2.75) is 59.3 Å². The van der Waals surface area contributed by atoms with Crippen LogP contribution in [-0.4, -0.2) is 47.0 Å². The summed E-state index contributed by atoms with van der Waals surface area (Å²) >= 11 is 0. The van der Waals surface area contributed by atoms with Gasteiger partial charge in [-0.3, -0.25) is 25.1 Å². The zero-order chi connectivity index (χ0) is 18.4. The topological polar surface area (TPSA) is 94.5 Å². The number of hydrogen-bond acceptors (Lipinski definition) is 5. The monoisotopic (exact) mass is 352 g/mol. The van der Waals surface area contributed by atoms with E-state index in [0.717, 1.165) is 30.8 Å². The summed E-state index contributed by atoms with van der Waals surface area (Å²) in [5, 5.41) is 4.22. The lowest BCUT2D eigenvalue weighted by molar-refractivity contribution is -0.141. The van der Waals surface area contributed by atoms with Crippen molar-refractivity contribution < 1.29 is 19.1 Å². The zero-order valence-electron chi connectivity index (χ0n) is 15.4. The van der Waals surface area contributed by atoms with E-state index >= 15 is 0 Å². The highest BCUT2D eigenvalue weighted by atomic mass is 16.5. The van der Waals surface area contributed by atoms with Gasteiger partial charge in [-0.25, -0.2) is 0 Å². The molecule has 0 unspecified atom stereocenters. The zero-order valence-corrected chi connectivity index (χ0v) is 15.4. The van der Waals surface area contributed by atoms with Crippen LogP contribution in [0.4, 0.5) is 0 Å². The Kier molecular flexibility index (Phi) is 6.95. The molecule has 2 amide bonds. The second-order valence-corrected chi connectivity index (χ2v) is 6.76. The molecule has 0 saturated carbocycles. The SMILES string of the molecule is Cc1cc(C)n(CC(=O)NNC(=O)[C@H](OC[C@@H]2CCCO2)C(C)C)n1. The van der Waals surface area contributed by atoms with E-state index < -0.39 is 6.10 Å². The van der Waals surface area contributed by atoms with E-state index in [1.54, 1.807) is 4.68 Å². The smallest absolute Gasteiger partial charge is 0.267 e. The Morgan fingerprint density at radius 1 is 1.40 bits per heavy atom. The van der Waals surface area contributed by atoms with Crippen molar-refractivity contribution in [2.24, 2.45) is 5.92 Å². The lowest BCUT2D eigenvalue weighted by Crippen LogP contribution is -2.50. The number of aromatic nitrogens is 2. The maximum Gasteiger partial charge on any atom is 0.267 e. The van der Waals surface area contributed by atoms with E-state index in [-0.39, 0.29) is 30.4 Å². The van der Waals surface area contributed by atoms with Crippen molar-refractivity contribution in [3.8, 4) is 0 Å². The summed E-state index contributed by atoms with van der Waals surface area (Å²) in [4.78, 5) is 24.3. The Hall–Kier alpha value is -1.93. The van der Waals surface area contributed by atoms with Crippen LogP contribution in [0, 0.1) is 19.8 Å². The Bertz CT molecular complexity index is 593. The summed E-state index contributed by atoms with van der Waals surface area (Å²) in [6.07, 6.45) is 1.38. The molecule has 1 aliphatic heterocycles. The molecule has 1 fully saturated rings. The maximum atomic E-state index is 12.3. The molecule has 1 saturated heterocycles. The summed E-state index contributed by atoms with van der Waals surface area (Å²) in [5.41, 5.74) is 6.59. The fraction of sp³-hybridized carbons (Fsp3) is 0.706. The number of nitrogens with one attached hydrogen (secondary N) is 2. The predicted molar refractivity (Wildman–Crippen MR) is 91.5 cm³/mol. The fourth-order valence-electron chi connectivity index (χ4n) is 2.77. The van der Waals surface area contributed by atoms with Gasteiger partial charge in [-0.15, -0.1) is 0 Å². The van der Waals surface area contributed by atoms with Gasteiger partial charge in [0, 0.05) is 12.3 Å². The first-order valence-corrected chi connectivity index (χ1v) is 8.69. The third kappa shape index (κ3) is 5.82. The summed E-state index contributed by atoms with van der Waals surface area (Å²) in [6.45, 7) is 8.71. The van der Waals surface area contributed by atoms with Crippen LogP contribution in [0.1, 0.15) is 38.1 Å². The maximum absolute atomic E-state index is 12.3. The highest BCUT2D eigenvalue weighted by Crippen LogP contribution is 2.15. The van der Waals surface area contributed by atoms with Gasteiger partial charge in [0.05, 0.1) is 18.4 Å². The first kappa shape index (κ1) is 19.4. The van der Waals surface area contributed by atoms with Crippen LogP contribution in [0.5, 0.6) is 0 Å². The summed E-state index contributed by atoms with van der Waals surface area (Å²) in [6, 6.07) is 1.89. The van der Waals surface area contributed by atoms with Gasteiger partial charge < -0.3 is 9.47 Å². The summed E-state index contributed by atoms with van der Waals surface area (Å²) in [5.74, 6) is -0.731. The largest absolute Gasteiger partial charge is 0.376 e. The number of rotatable bonds is 7. The van der Waals surface area contributed by atoms with Gasteiger partial charge in [-0.2, -0.15) is 5.10 Å². The van der Waals surface area contributed by atoms with Gasteiger partial charge in [0.1, 0.15) is 12.6 Å². The second kappa shape index (κ2) is 8.96. The normalized spacial score (nSPS) is 18.4. The fourth-order valence-corrected chi connectivity index (χ4v) is 2.77. The first-order valence-electron chi connectivity index (χ1n) is 8.69. The average Bonchev–Trinajstić information content (AvgIpc) is 3.15. The lowest BCUT2D eigenvalue weighted by Gasteiger charge is -2.22. The van der Waals surface area contributed by atoms with E-state index in [1.807, 2.05) is 33.8 Å². The van der Waals surface area contributed by atoms with E-state index in [0.29, 0.717) is 6.61 Å². The van der Waals surface area contributed by atoms with Crippen LogP contribution in [0.15, 0.2) is 6.07 Å². The van der Waals surface area contributed by atoms with E-state index in [1.165, 1.54) is 0 Å². The number of hydrazine groups is 1. The van der Waals surface area contributed by atoms with Crippen LogP contribution in [0.2, 0.25) is 0 Å². The number of nitrogens with zero attached hydrogens (tertiary/aromatic N) is 2. The van der Waals surface area contributed by atoms with Crippen LogP contribution in [-0.2, 0) is 25.6 Å². The molecule has 0 bridgehead atoms. The highest BCUT2D eigenvalue weighted by Gasteiger charge is 2.26. The number of amides is 2. The van der Waals surface area contributed by atoms with Gasteiger partial charge in [-0.05, 0) is 38.7 Å². The van der Waals surface area contributed by atoms with Gasteiger partial charge >= 0.3 is 0 Å². The molecule has 2 atom stereocenters. The molecule has 25 heavy (non-hydrogen) atoms. The molecule has 8 nitrogen and oxygen atoms in total. The third-order valence-electron chi connectivity index (χ3n) is 4.07. The van der Waals surface area contributed by atoms with Crippen LogP contribution in [0.25, 0.3) is 0 Å². The molecular formula is C17H28N4O4. The van der Waals surface area contributed by atoms with E-state index in [4.69, 9.17) is 9.47 Å². The van der Waals surface area contributed by atoms with Gasteiger partial charge in [0.2, 0.25) is 0 Å². The Labute approximate surface area is 148 Å². The van der Waals surface area contributed by atoms with Crippen LogP contribution in [0.3, 0.4) is 0 Å². The van der Waals surface area contributed by atoms with Crippen molar-refractivity contribution in [3.63, 3.8) is 0 Å². The molecule has 2 N–H and O–H groups in total. The van der Waals surface area contributed by atoms with E-state index in [9.17, 15) is 9.59 Å². The van der Waals surface area contributed by atoms with E-state index in [2.05, 4.69) is 16.0 Å². The molecule has 140 valence electrons. The Balaban J connectivity index is 1.79. The number of aryl methyl sites for hydroxylation is 2. The Morgan fingerprint density at radius 3 is 2.72 bits per heavy atom. The lowest BCUT2D eigenvalue weighted by atomic mass is 10.1. The molecule has 0 spiro atoms. The molecule has 8 heteroatoms. The van der Waals surface area contributed by atoms with Crippen LogP contribution >= 0.6 is 0 Å². The molecule has 1 aromatic heterocycles. The average molecular weight is 352 g/mol. The number of carbonyl (C=O) groups is 2. The molecule has 2 rings (SSSR count). The second-order valence-electron chi connectivity index (χ2n) is 6.76. The van der Waals surface area contributed by atoms with Gasteiger partial charge in [0.15, 0.2) is 0 Å². The standard InChI is InChI=1S/C17H28N4O4/c1-11(2)16(25-10-14-6-5-7-24-14)17(23)19-18-15(22)9-21-13(4)8-12(3)20-21/h8,11,14,16H,5-7,9-10H2,1-4H3,(H,18,22)(H,19,23)/t14-,16+/m0/s1. The van der Waals surface area contributed by atoms with Crippen molar-refractivity contribution in [3.05, 3.63) is 17.5 Å². The molecular weight excluding hydrogens is 324 g/mol. The summed E-state index contributed by atoms with van der Waals surface area (Å²) < 4.78 is 12.8. The molecule has 0 radical (unpaired) electrons. The van der Waals surface area contributed by atoms with Gasteiger partial charge in [-0.1, -0.05) is 13.8 Å². The van der Waals surface area contributed by atoms with Crippen molar-refractivity contribution >= 4 is 11.8 Å². The number of hydrogen-bond donors (Lipinski definition) is 2. The molecule has 1 aliphatic rings. The minimum atomic E-state index is -0.641. The molecule has 2 heterocycles. The van der Waals surface area contributed by atoms with Crippen molar-refractivity contribution in [2.75, 3.05) is 13.2 Å². The predicted octanol–water partition coefficient (Wildman–Crippen LogP) is 0.868. The molecule has 0 aliphatic carbocycles. The van der Waals surface area contributed by atoms with Gasteiger partial charge in [0.25, 0.3) is 11.8 Å². The minimum Gasteiger partial charge on any atom is -0.376 e. The molecule has 1 aromatic rings. The molecule has 0 aromatic carbocycles. The number of ether oxygens (including phenoxy) is 2. The number of carbonyl (C=O) groups excluding carboxylic acids is 2. The Morgan fingerprint density at radius 2 is 2.16 bits per heavy atom. The van der Waals surface area contributed by atoms with Crippen molar-refractivity contribution in [1.29, 1.82) is 0 Å². The highest BCUT2D eigenvalue weighted by molar-refractivity contribution is 5.84. The minimum absolute atomic E-state index is 0.0192. The third-order valence-corrected chi connectivity index (χ3v) is 4.07. The summed E-state index contributed by atoms with van der Waals surface area (Å²) in [7, 11) is 0. The quantitative estimate of drug-likeness (QED) is 0.710.